The van der Waals surface area contributed by atoms with Crippen molar-refractivity contribution < 1.29 is 22.9 Å². The number of fused-ring (bicyclic) bond motifs is 1. The fourth-order valence-electron chi connectivity index (χ4n) is 2.76. The fourth-order valence-corrected chi connectivity index (χ4v) is 4.06. The first-order valence-corrected chi connectivity index (χ1v) is 10.6. The van der Waals surface area contributed by atoms with Crippen molar-refractivity contribution in [2.24, 2.45) is 0 Å². The van der Waals surface area contributed by atoms with Crippen molar-refractivity contribution in [2.45, 2.75) is 38.2 Å². The van der Waals surface area contributed by atoms with Crippen LogP contribution in [0, 0.1) is 17.0 Å². The summed E-state index contributed by atoms with van der Waals surface area (Å²) >= 11 is 0. The molecule has 2 heterocycles. The molecule has 0 atom stereocenters. The molecular weight excluding hydrogens is 426 g/mol. The average molecular weight is 447 g/mol. The molecule has 0 spiro atoms. The number of benzene rings is 1. The number of nitrogens with one attached hydrogen (secondary N) is 2. The first-order valence-electron chi connectivity index (χ1n) is 9.12. The van der Waals surface area contributed by atoms with Crippen LogP contribution in [-0.4, -0.2) is 34.0 Å². The predicted molar refractivity (Wildman–Crippen MR) is 113 cm³/mol. The van der Waals surface area contributed by atoms with Crippen LogP contribution in [0.3, 0.4) is 0 Å². The third kappa shape index (κ3) is 4.58. The highest BCUT2D eigenvalue weighted by molar-refractivity contribution is 7.90. The number of pyridine rings is 1. The van der Waals surface area contributed by atoms with Crippen molar-refractivity contribution in [1.29, 1.82) is 0 Å². The maximum Gasteiger partial charge on any atom is 0.426 e. The number of carbonyl (C=O) groups excluding carboxylic acids is 1. The van der Waals surface area contributed by atoms with E-state index >= 15 is 0 Å². The Balaban J connectivity index is 2.05. The maximum absolute atomic E-state index is 13.1. The van der Waals surface area contributed by atoms with Gasteiger partial charge in [-0.25, -0.2) is 27.6 Å². The van der Waals surface area contributed by atoms with Gasteiger partial charge in [0.05, 0.1) is 15.2 Å². The van der Waals surface area contributed by atoms with Gasteiger partial charge in [0, 0.05) is 6.20 Å². The van der Waals surface area contributed by atoms with Crippen LogP contribution in [0.4, 0.5) is 16.2 Å². The Hall–Kier alpha value is -3.67. The number of rotatable bonds is 5. The molecule has 0 saturated carbocycles. The third-order valence-electron chi connectivity index (χ3n) is 4.12. The standard InChI is InChI=1S/C19H21N5O6S/c1-12-5-7-13(8-6-12)31(28,29)23-10-9-14-16(15(24(26)27)11-20-17(14)23)21-22-18(25)30-19(2,3)4/h5-11H,1-4H3,(H,20,21)(H,22,25). The molecule has 31 heavy (non-hydrogen) atoms. The molecule has 11 nitrogen and oxygen atoms in total. The number of aryl methyl sites for hydroxylation is 1. The molecule has 0 aliphatic heterocycles. The Morgan fingerprint density at radius 2 is 1.84 bits per heavy atom. The van der Waals surface area contributed by atoms with Gasteiger partial charge in [-0.2, -0.15) is 0 Å². The van der Waals surface area contributed by atoms with Crippen LogP contribution in [0.1, 0.15) is 26.3 Å². The van der Waals surface area contributed by atoms with Gasteiger partial charge in [-0.1, -0.05) is 17.7 Å². The number of hydrogen-bond acceptors (Lipinski definition) is 8. The predicted octanol–water partition coefficient (Wildman–Crippen LogP) is 3.34. The minimum absolute atomic E-state index is 0.0390. The second-order valence-electron chi connectivity index (χ2n) is 7.69. The minimum Gasteiger partial charge on any atom is -0.443 e. The summed E-state index contributed by atoms with van der Waals surface area (Å²) < 4.78 is 32.1. The van der Waals surface area contributed by atoms with Crippen LogP contribution in [-0.2, 0) is 14.8 Å². The second kappa shape index (κ2) is 7.87. The lowest BCUT2D eigenvalue weighted by atomic mass is 10.2. The molecule has 2 aromatic heterocycles. The Kier molecular flexibility index (Phi) is 5.59. The summed E-state index contributed by atoms with van der Waals surface area (Å²) in [4.78, 5) is 26.7. The number of anilines is 1. The topological polar surface area (TPSA) is 145 Å². The van der Waals surface area contributed by atoms with E-state index in [2.05, 4.69) is 15.8 Å². The van der Waals surface area contributed by atoms with Crippen LogP contribution in [0.2, 0.25) is 0 Å². The molecule has 0 aliphatic carbocycles. The van der Waals surface area contributed by atoms with Gasteiger partial charge in [0.25, 0.3) is 10.0 Å². The Morgan fingerprint density at radius 1 is 1.19 bits per heavy atom. The smallest absolute Gasteiger partial charge is 0.426 e. The molecule has 3 rings (SSSR count). The van der Waals surface area contributed by atoms with Crippen molar-refractivity contribution in [1.82, 2.24) is 14.4 Å². The van der Waals surface area contributed by atoms with Crippen LogP contribution in [0.15, 0.2) is 47.6 Å². The molecule has 0 aliphatic rings. The Morgan fingerprint density at radius 3 is 2.42 bits per heavy atom. The zero-order valence-electron chi connectivity index (χ0n) is 17.2. The van der Waals surface area contributed by atoms with Crippen molar-refractivity contribution in [3.8, 4) is 0 Å². The van der Waals surface area contributed by atoms with E-state index in [0.717, 1.165) is 15.7 Å². The molecule has 0 saturated heterocycles. The summed E-state index contributed by atoms with van der Waals surface area (Å²) in [6.45, 7) is 6.82. The highest BCUT2D eigenvalue weighted by Crippen LogP contribution is 2.33. The van der Waals surface area contributed by atoms with E-state index in [1.54, 1.807) is 32.9 Å². The molecule has 2 N–H and O–H groups in total. The quantitative estimate of drug-likeness (QED) is 0.447. The second-order valence-corrected chi connectivity index (χ2v) is 9.51. The highest BCUT2D eigenvalue weighted by atomic mass is 32.2. The molecule has 3 aromatic rings. The van der Waals surface area contributed by atoms with Gasteiger partial charge >= 0.3 is 11.8 Å². The maximum atomic E-state index is 13.1. The monoisotopic (exact) mass is 447 g/mol. The van der Waals surface area contributed by atoms with Crippen molar-refractivity contribution in [3.05, 3.63) is 58.4 Å². The van der Waals surface area contributed by atoms with Gasteiger partial charge < -0.3 is 4.74 Å². The van der Waals surface area contributed by atoms with E-state index in [4.69, 9.17) is 4.74 Å². The zero-order valence-corrected chi connectivity index (χ0v) is 18.1. The lowest BCUT2D eigenvalue weighted by Crippen LogP contribution is -2.36. The summed E-state index contributed by atoms with van der Waals surface area (Å²) in [7, 11) is -4.00. The lowest BCUT2D eigenvalue weighted by molar-refractivity contribution is -0.384. The van der Waals surface area contributed by atoms with Gasteiger partial charge in [0.2, 0.25) is 0 Å². The zero-order chi connectivity index (χ0) is 23.0. The van der Waals surface area contributed by atoms with Crippen LogP contribution < -0.4 is 10.9 Å². The molecule has 1 aromatic carbocycles. The van der Waals surface area contributed by atoms with E-state index in [-0.39, 0.29) is 21.6 Å². The highest BCUT2D eigenvalue weighted by Gasteiger charge is 2.26. The van der Waals surface area contributed by atoms with Crippen molar-refractivity contribution in [2.75, 3.05) is 5.43 Å². The Labute approximate surface area is 178 Å². The van der Waals surface area contributed by atoms with E-state index in [9.17, 15) is 23.3 Å². The summed E-state index contributed by atoms with van der Waals surface area (Å²) in [5.41, 5.74) is 4.18. The number of nitrogens with zero attached hydrogens (tertiary/aromatic N) is 3. The van der Waals surface area contributed by atoms with Crippen LogP contribution in [0.25, 0.3) is 11.0 Å². The molecule has 1 amide bonds. The van der Waals surface area contributed by atoms with Crippen molar-refractivity contribution >= 4 is 38.5 Å². The normalized spacial score (nSPS) is 11.9. The fraction of sp³-hybridized carbons (Fsp3) is 0.263. The number of hydrazine groups is 1. The van der Waals surface area contributed by atoms with E-state index in [0.29, 0.717) is 0 Å². The number of carbonyl (C=O) groups is 1. The van der Waals surface area contributed by atoms with E-state index < -0.39 is 32.3 Å². The number of ether oxygens (including phenoxy) is 1. The summed E-state index contributed by atoms with van der Waals surface area (Å²) in [6.07, 6.45) is 1.30. The van der Waals surface area contributed by atoms with Crippen molar-refractivity contribution in [3.63, 3.8) is 0 Å². The van der Waals surface area contributed by atoms with Gasteiger partial charge in [0.1, 0.15) is 17.5 Å². The van der Waals surface area contributed by atoms with Crippen LogP contribution in [0.5, 0.6) is 0 Å². The van der Waals surface area contributed by atoms with Crippen LogP contribution >= 0.6 is 0 Å². The summed E-state index contributed by atoms with van der Waals surface area (Å²) in [6, 6.07) is 7.61. The molecule has 0 radical (unpaired) electrons. The Bertz CT molecular complexity index is 1260. The average Bonchev–Trinajstić information content (AvgIpc) is 3.10. The van der Waals surface area contributed by atoms with Gasteiger partial charge in [-0.3, -0.25) is 15.5 Å². The van der Waals surface area contributed by atoms with E-state index in [1.165, 1.54) is 24.4 Å². The largest absolute Gasteiger partial charge is 0.443 e. The SMILES string of the molecule is Cc1ccc(S(=O)(=O)n2ccc3c(NNC(=O)OC(C)(C)C)c([N+](=O)[O-])cnc32)cc1. The molecular formula is C19H21N5O6S. The van der Waals surface area contributed by atoms with E-state index in [1.807, 2.05) is 6.92 Å². The molecule has 0 bridgehead atoms. The summed E-state index contributed by atoms with van der Waals surface area (Å²) in [5, 5.41) is 11.6. The van der Waals surface area contributed by atoms with Gasteiger partial charge in [-0.15, -0.1) is 0 Å². The number of aromatic nitrogens is 2. The summed E-state index contributed by atoms with van der Waals surface area (Å²) in [5.74, 6) is 0. The number of amides is 1. The third-order valence-corrected chi connectivity index (χ3v) is 5.80. The molecule has 164 valence electrons. The number of hydrogen-bond donors (Lipinski definition) is 2. The number of nitro groups is 1. The van der Waals surface area contributed by atoms with Gasteiger partial charge in [-0.05, 0) is 45.9 Å². The lowest BCUT2D eigenvalue weighted by Gasteiger charge is -2.20. The first kappa shape index (κ1) is 22.0. The molecule has 0 fully saturated rings. The molecule has 12 heteroatoms. The van der Waals surface area contributed by atoms with Gasteiger partial charge in [0.15, 0.2) is 5.65 Å². The first-order chi connectivity index (χ1) is 14.4. The molecule has 0 unspecified atom stereocenters. The minimum atomic E-state index is -4.00.